The molecule has 1 aromatic carbocycles. The lowest BCUT2D eigenvalue weighted by atomic mass is 10.1. The highest BCUT2D eigenvalue weighted by Gasteiger charge is 2.38. The molecule has 0 unspecified atom stereocenters. The first kappa shape index (κ1) is 34.1. The fraction of sp³-hybridized carbons (Fsp3) is 0.235. The first-order valence-corrected chi connectivity index (χ1v) is 10.8. The van der Waals surface area contributed by atoms with Gasteiger partial charge in [0.05, 0.1) is 16.8 Å². The third-order valence-electron chi connectivity index (χ3n) is 3.68. The predicted molar refractivity (Wildman–Crippen MR) is 117 cm³/mol. The van der Waals surface area contributed by atoms with Crippen molar-refractivity contribution in [2.75, 3.05) is 18.0 Å². The van der Waals surface area contributed by atoms with Crippen molar-refractivity contribution in [3.8, 4) is 0 Å². The summed E-state index contributed by atoms with van der Waals surface area (Å²) in [6, 6.07) is 4.17. The largest absolute Gasteiger partial charge is 0.490 e. The van der Waals surface area contributed by atoms with Crippen LogP contribution in [-0.4, -0.2) is 82.8 Å². The van der Waals surface area contributed by atoms with Gasteiger partial charge in [-0.05, 0) is 12.1 Å². The maximum absolute atomic E-state index is 12.4. The Kier molecular flexibility index (Phi) is 11.7. The molecule has 0 saturated heterocycles. The van der Waals surface area contributed by atoms with Crippen molar-refractivity contribution in [2.45, 2.75) is 17.2 Å². The first-order chi connectivity index (χ1) is 17.0. The molecule has 0 bridgehead atoms. The number of hydrogen-bond donors (Lipinski definition) is 5. The molecule has 6 N–H and O–H groups in total. The number of hydrogen-bond acceptors (Lipinski definition) is 7. The number of carbonyl (C=O) groups is 3. The van der Waals surface area contributed by atoms with Gasteiger partial charge in [-0.3, -0.25) is 15.2 Å². The number of alkyl halides is 6. The summed E-state index contributed by atoms with van der Waals surface area (Å²) < 4.78 is 89.9. The van der Waals surface area contributed by atoms with Crippen LogP contribution in [0, 0.1) is 5.41 Å². The molecule has 1 heterocycles. The fourth-order valence-electron chi connectivity index (χ4n) is 2.04. The van der Waals surface area contributed by atoms with E-state index >= 15 is 0 Å². The number of fused-ring (bicyclic) bond motifs is 1. The number of nitrogens with zero attached hydrogens (tertiary/aromatic N) is 3. The smallest absolute Gasteiger partial charge is 0.480 e. The summed E-state index contributed by atoms with van der Waals surface area (Å²) in [5.74, 6) is -7.19. The number of aliphatic carboxylic acids is 3. The van der Waals surface area contributed by atoms with Crippen molar-refractivity contribution in [3.05, 3.63) is 30.6 Å². The van der Waals surface area contributed by atoms with E-state index in [0.29, 0.717) is 16.5 Å². The molecule has 212 valence electrons. The summed E-state index contributed by atoms with van der Waals surface area (Å²) in [4.78, 5) is 32.4. The molecule has 38 heavy (non-hydrogen) atoms. The van der Waals surface area contributed by atoms with Crippen LogP contribution in [-0.2, 0) is 24.4 Å². The molecule has 0 aliphatic heterocycles. The van der Waals surface area contributed by atoms with Gasteiger partial charge in [0.2, 0.25) is 16.0 Å². The van der Waals surface area contributed by atoms with Crippen molar-refractivity contribution in [2.24, 2.45) is 5.73 Å². The Labute approximate surface area is 213 Å². The van der Waals surface area contributed by atoms with Crippen LogP contribution in [0.1, 0.15) is 0 Å². The third-order valence-corrected chi connectivity index (χ3v) is 5.85. The second-order valence-electron chi connectivity index (χ2n) is 6.47. The van der Waals surface area contributed by atoms with Gasteiger partial charge in [-0.1, -0.05) is 6.07 Å². The van der Waals surface area contributed by atoms with E-state index < -0.39 is 52.8 Å². The summed E-state index contributed by atoms with van der Waals surface area (Å²) in [6.07, 6.45) is -7.35. The van der Waals surface area contributed by atoms with Crippen molar-refractivity contribution in [1.29, 1.82) is 5.41 Å². The first-order valence-electron chi connectivity index (χ1n) is 8.99. The number of halogens is 7. The Morgan fingerprint density at radius 3 is 1.84 bits per heavy atom. The van der Waals surface area contributed by atoms with Crippen LogP contribution in [0.15, 0.2) is 35.5 Å². The van der Waals surface area contributed by atoms with E-state index in [1.165, 1.54) is 37.6 Å². The van der Waals surface area contributed by atoms with Crippen LogP contribution in [0.25, 0.3) is 10.8 Å². The second-order valence-corrected chi connectivity index (χ2v) is 8.85. The van der Waals surface area contributed by atoms with Gasteiger partial charge in [-0.25, -0.2) is 22.4 Å². The summed E-state index contributed by atoms with van der Waals surface area (Å²) in [6.45, 7) is -0.654. The highest BCUT2D eigenvalue weighted by atomic mass is 35.5. The number of anilines is 1. The lowest BCUT2D eigenvalue weighted by Gasteiger charge is -2.17. The minimum absolute atomic E-state index is 0.0818. The van der Waals surface area contributed by atoms with E-state index in [-0.39, 0.29) is 4.90 Å². The minimum atomic E-state index is -5.08. The molecule has 0 radical (unpaired) electrons. The zero-order valence-corrected chi connectivity index (χ0v) is 20.0. The third kappa shape index (κ3) is 10.2. The number of carboxylic acids is 3. The van der Waals surface area contributed by atoms with Crippen molar-refractivity contribution in [3.63, 3.8) is 0 Å². The van der Waals surface area contributed by atoms with Gasteiger partial charge in [-0.15, -0.1) is 0 Å². The van der Waals surface area contributed by atoms with Gasteiger partial charge < -0.3 is 21.1 Å². The van der Waals surface area contributed by atoms with Crippen molar-refractivity contribution in [1.82, 2.24) is 9.29 Å². The van der Waals surface area contributed by atoms with Gasteiger partial charge in [0.25, 0.3) is 0 Å². The van der Waals surface area contributed by atoms with E-state index in [1.54, 1.807) is 0 Å². The topological polar surface area (TPSA) is 215 Å². The van der Waals surface area contributed by atoms with Gasteiger partial charge in [0.1, 0.15) is 6.54 Å². The molecule has 0 aliphatic rings. The molecule has 21 heteroatoms. The molecule has 2 rings (SSSR count). The lowest BCUT2D eigenvalue weighted by Crippen LogP contribution is -2.32. The van der Waals surface area contributed by atoms with Crippen LogP contribution in [0.3, 0.4) is 0 Å². The van der Waals surface area contributed by atoms with Gasteiger partial charge in [-0.2, -0.15) is 30.6 Å². The second kappa shape index (κ2) is 13.1. The number of rotatable bonds is 5. The molecule has 0 saturated carbocycles. The molecular formula is C17H16ClF6N5O8S. The zero-order valence-electron chi connectivity index (χ0n) is 18.4. The number of nitrogens with two attached hydrogens (primary N) is 1. The number of benzene rings is 1. The molecule has 0 aliphatic carbocycles. The number of likely N-dealkylation sites (N-methyl/N-ethyl adjacent to an activating group) is 1. The van der Waals surface area contributed by atoms with Gasteiger partial charge in [0, 0.05) is 35.8 Å². The Hall–Kier alpha value is -3.91. The standard InChI is InChI=1S/C13H14ClN5O4S.2C2HF3O2/c1-18(7-12(20)21)24(22,23)9-2-3-10-8(4-9)5-17-6-11(10)19(14)13(15)16;2*3-2(4,5)1(6)7/h2-6H,7H2,1H3,(H3,15,16)(H,20,21);2*(H,6,7). The van der Waals surface area contributed by atoms with Crippen LogP contribution in [0.4, 0.5) is 32.0 Å². The average Bonchev–Trinajstić information content (AvgIpc) is 2.76. The van der Waals surface area contributed by atoms with Crippen LogP contribution in [0.2, 0.25) is 0 Å². The number of sulfonamides is 1. The summed E-state index contributed by atoms with van der Waals surface area (Å²) in [5.41, 5.74) is 5.66. The van der Waals surface area contributed by atoms with E-state index in [4.69, 9.17) is 47.8 Å². The molecule has 0 fully saturated rings. The quantitative estimate of drug-likeness (QED) is 0.145. The van der Waals surface area contributed by atoms with E-state index in [0.717, 1.165) is 8.72 Å². The molecule has 0 spiro atoms. The molecule has 1 aromatic heterocycles. The molecule has 0 amide bonds. The van der Waals surface area contributed by atoms with Crippen LogP contribution < -0.4 is 10.2 Å². The fourth-order valence-corrected chi connectivity index (χ4v) is 3.33. The summed E-state index contributed by atoms with van der Waals surface area (Å²) >= 11 is 5.91. The van der Waals surface area contributed by atoms with E-state index in [2.05, 4.69) is 4.98 Å². The number of pyridine rings is 1. The average molecular weight is 600 g/mol. The van der Waals surface area contributed by atoms with Crippen molar-refractivity contribution >= 4 is 62.1 Å². The minimum Gasteiger partial charge on any atom is -0.480 e. The SMILES string of the molecule is CN(CC(=O)O)S(=O)(=O)c1ccc2c(N(Cl)C(=N)N)cncc2c1.O=C(O)C(F)(F)F.O=C(O)C(F)(F)F. The predicted octanol–water partition coefficient (Wildman–Crippen LogP) is 2.06. The number of nitrogens with one attached hydrogen (secondary N) is 1. The van der Waals surface area contributed by atoms with Gasteiger partial charge >= 0.3 is 30.3 Å². The zero-order chi connectivity index (χ0) is 30.2. The molecule has 0 atom stereocenters. The molecular weight excluding hydrogens is 584 g/mol. The van der Waals surface area contributed by atoms with E-state index in [1.807, 2.05) is 0 Å². The summed E-state index contributed by atoms with van der Waals surface area (Å²) in [5, 5.41) is 31.3. The normalized spacial score (nSPS) is 11.5. The Balaban J connectivity index is 0.000000804. The van der Waals surface area contributed by atoms with Crippen LogP contribution >= 0.6 is 11.8 Å². The number of carboxylic acid groups (broad SMARTS) is 3. The van der Waals surface area contributed by atoms with Crippen LogP contribution in [0.5, 0.6) is 0 Å². The molecule has 13 nitrogen and oxygen atoms in total. The lowest BCUT2D eigenvalue weighted by molar-refractivity contribution is -0.193. The maximum Gasteiger partial charge on any atom is 0.490 e. The van der Waals surface area contributed by atoms with Gasteiger partial charge in [0.15, 0.2) is 0 Å². The number of aromatic nitrogens is 1. The number of guanidine groups is 1. The highest BCUT2D eigenvalue weighted by molar-refractivity contribution is 7.89. The van der Waals surface area contributed by atoms with Crippen molar-refractivity contribution < 1.29 is 64.5 Å². The maximum atomic E-state index is 12.4. The van der Waals surface area contributed by atoms with E-state index in [9.17, 15) is 39.6 Å². The Morgan fingerprint density at radius 2 is 1.47 bits per heavy atom. The summed E-state index contributed by atoms with van der Waals surface area (Å²) in [7, 11) is -2.78. The Morgan fingerprint density at radius 1 is 1.03 bits per heavy atom. The highest BCUT2D eigenvalue weighted by Crippen LogP contribution is 2.29. The monoisotopic (exact) mass is 599 g/mol. The Bertz CT molecular complexity index is 1280. The molecule has 2 aromatic rings.